The van der Waals surface area contributed by atoms with Crippen LogP contribution in [0.4, 0.5) is 0 Å². The van der Waals surface area contributed by atoms with E-state index in [4.69, 9.17) is 5.73 Å². The zero-order chi connectivity index (χ0) is 11.4. The van der Waals surface area contributed by atoms with Gasteiger partial charge in [-0.25, -0.2) is 4.72 Å². The molecule has 6 heteroatoms. The van der Waals surface area contributed by atoms with Gasteiger partial charge in [0.1, 0.15) is 0 Å². The van der Waals surface area contributed by atoms with E-state index >= 15 is 0 Å². The standard InChI is InChI=1S/C8H21N3O2S/c1-7(5-9)6-10-14(12,13)11-8(2,3)4/h7,10-11H,5-6,9H2,1-4H3. The van der Waals surface area contributed by atoms with Gasteiger partial charge in [-0.05, 0) is 33.2 Å². The molecule has 0 radical (unpaired) electrons. The predicted molar refractivity (Wildman–Crippen MR) is 58.0 cm³/mol. The Balaban J connectivity index is 4.10. The maximum Gasteiger partial charge on any atom is 0.277 e. The normalized spacial score (nSPS) is 15.5. The van der Waals surface area contributed by atoms with Gasteiger partial charge in [0.25, 0.3) is 10.2 Å². The fourth-order valence-electron chi connectivity index (χ4n) is 0.774. The van der Waals surface area contributed by atoms with Gasteiger partial charge in [-0.2, -0.15) is 13.1 Å². The van der Waals surface area contributed by atoms with Crippen molar-refractivity contribution in [1.82, 2.24) is 9.44 Å². The fraction of sp³-hybridized carbons (Fsp3) is 1.00. The van der Waals surface area contributed by atoms with Crippen LogP contribution in [0, 0.1) is 5.92 Å². The highest BCUT2D eigenvalue weighted by Crippen LogP contribution is 2.00. The van der Waals surface area contributed by atoms with Gasteiger partial charge in [-0.3, -0.25) is 0 Å². The summed E-state index contributed by atoms with van der Waals surface area (Å²) in [5.74, 6) is 0.145. The summed E-state index contributed by atoms with van der Waals surface area (Å²) < 4.78 is 27.7. The van der Waals surface area contributed by atoms with E-state index in [1.807, 2.05) is 6.92 Å². The Kier molecular flexibility index (Phi) is 5.00. The molecule has 1 unspecified atom stereocenters. The van der Waals surface area contributed by atoms with E-state index in [0.29, 0.717) is 13.1 Å². The van der Waals surface area contributed by atoms with Gasteiger partial charge < -0.3 is 5.73 Å². The Bertz CT molecular complexity index is 256. The summed E-state index contributed by atoms with van der Waals surface area (Å²) in [6.45, 7) is 8.09. The Morgan fingerprint density at radius 3 is 2.21 bits per heavy atom. The van der Waals surface area contributed by atoms with Gasteiger partial charge in [0.2, 0.25) is 0 Å². The summed E-state index contributed by atoms with van der Waals surface area (Å²) in [5, 5.41) is 0. The van der Waals surface area contributed by atoms with Crippen molar-refractivity contribution in [3.63, 3.8) is 0 Å². The molecule has 14 heavy (non-hydrogen) atoms. The summed E-state index contributed by atoms with van der Waals surface area (Å²) in [4.78, 5) is 0. The minimum absolute atomic E-state index is 0.145. The topological polar surface area (TPSA) is 84.2 Å². The summed E-state index contributed by atoms with van der Waals surface area (Å²) in [7, 11) is -3.40. The van der Waals surface area contributed by atoms with E-state index in [1.165, 1.54) is 0 Å². The second kappa shape index (κ2) is 5.06. The molecule has 0 aliphatic heterocycles. The minimum Gasteiger partial charge on any atom is -0.330 e. The van der Waals surface area contributed by atoms with E-state index in [2.05, 4.69) is 9.44 Å². The van der Waals surface area contributed by atoms with Gasteiger partial charge in [-0.15, -0.1) is 0 Å². The van der Waals surface area contributed by atoms with Gasteiger partial charge in [0.15, 0.2) is 0 Å². The van der Waals surface area contributed by atoms with Crippen LogP contribution < -0.4 is 15.2 Å². The molecule has 4 N–H and O–H groups in total. The van der Waals surface area contributed by atoms with Crippen molar-refractivity contribution in [3.05, 3.63) is 0 Å². The number of nitrogens with two attached hydrogens (primary N) is 1. The van der Waals surface area contributed by atoms with Crippen molar-refractivity contribution in [3.8, 4) is 0 Å². The van der Waals surface area contributed by atoms with Crippen LogP contribution in [0.1, 0.15) is 27.7 Å². The van der Waals surface area contributed by atoms with Crippen LogP contribution in [0.2, 0.25) is 0 Å². The lowest BCUT2D eigenvalue weighted by Crippen LogP contribution is -2.48. The van der Waals surface area contributed by atoms with Gasteiger partial charge >= 0.3 is 0 Å². The average Bonchev–Trinajstić information content (AvgIpc) is 1.96. The molecule has 0 saturated heterocycles. The first-order valence-electron chi connectivity index (χ1n) is 4.65. The van der Waals surface area contributed by atoms with Gasteiger partial charge in [-0.1, -0.05) is 6.92 Å². The highest BCUT2D eigenvalue weighted by molar-refractivity contribution is 7.87. The first kappa shape index (κ1) is 13.8. The van der Waals surface area contributed by atoms with E-state index < -0.39 is 15.7 Å². The quantitative estimate of drug-likeness (QED) is 0.603. The number of nitrogens with one attached hydrogen (secondary N) is 2. The van der Waals surface area contributed by atoms with Crippen molar-refractivity contribution in [1.29, 1.82) is 0 Å². The Hall–Kier alpha value is -0.170. The minimum atomic E-state index is -3.40. The molecule has 0 spiro atoms. The second-order valence-electron chi connectivity index (χ2n) is 4.54. The summed E-state index contributed by atoms with van der Waals surface area (Å²) in [6.07, 6.45) is 0. The third-order valence-corrected chi connectivity index (χ3v) is 2.89. The predicted octanol–water partition coefficient (Wildman–Crippen LogP) is -0.196. The summed E-state index contributed by atoms with van der Waals surface area (Å²) >= 11 is 0. The van der Waals surface area contributed by atoms with Crippen molar-refractivity contribution < 1.29 is 8.42 Å². The average molecular weight is 223 g/mol. The molecular formula is C8H21N3O2S. The number of hydrogen-bond acceptors (Lipinski definition) is 3. The third-order valence-electron chi connectivity index (χ3n) is 1.46. The molecule has 0 rings (SSSR count). The number of rotatable bonds is 5. The van der Waals surface area contributed by atoms with E-state index in [-0.39, 0.29) is 5.92 Å². The number of hydrogen-bond donors (Lipinski definition) is 3. The SMILES string of the molecule is CC(CN)CNS(=O)(=O)NC(C)(C)C. The van der Waals surface area contributed by atoms with Crippen molar-refractivity contribution in [2.75, 3.05) is 13.1 Å². The van der Waals surface area contributed by atoms with Crippen LogP contribution in [0.15, 0.2) is 0 Å². The molecule has 0 aliphatic rings. The first-order valence-corrected chi connectivity index (χ1v) is 6.13. The molecule has 0 amide bonds. The van der Waals surface area contributed by atoms with E-state index in [0.717, 1.165) is 0 Å². The second-order valence-corrected chi connectivity index (χ2v) is 6.04. The van der Waals surface area contributed by atoms with Crippen LogP contribution in [-0.4, -0.2) is 27.0 Å². The Labute approximate surface area is 86.6 Å². The van der Waals surface area contributed by atoms with Gasteiger partial charge in [0, 0.05) is 12.1 Å². The zero-order valence-corrected chi connectivity index (χ0v) is 10.1. The zero-order valence-electron chi connectivity index (χ0n) is 9.29. The fourth-order valence-corrected chi connectivity index (χ4v) is 2.16. The van der Waals surface area contributed by atoms with Crippen LogP contribution in [-0.2, 0) is 10.2 Å². The molecule has 5 nitrogen and oxygen atoms in total. The highest BCUT2D eigenvalue weighted by Gasteiger charge is 2.19. The highest BCUT2D eigenvalue weighted by atomic mass is 32.2. The largest absolute Gasteiger partial charge is 0.330 e. The molecule has 0 saturated carbocycles. The Morgan fingerprint density at radius 1 is 1.36 bits per heavy atom. The third kappa shape index (κ3) is 7.25. The maximum absolute atomic E-state index is 11.4. The molecule has 0 heterocycles. The van der Waals surface area contributed by atoms with Crippen LogP contribution in [0.3, 0.4) is 0 Å². The van der Waals surface area contributed by atoms with Crippen LogP contribution in [0.5, 0.6) is 0 Å². The van der Waals surface area contributed by atoms with E-state index in [9.17, 15) is 8.42 Å². The molecule has 1 atom stereocenters. The molecule has 0 bridgehead atoms. The van der Waals surface area contributed by atoms with Crippen molar-refractivity contribution in [2.45, 2.75) is 33.2 Å². The van der Waals surface area contributed by atoms with E-state index in [1.54, 1.807) is 20.8 Å². The molecule has 86 valence electrons. The smallest absolute Gasteiger partial charge is 0.277 e. The molecule has 0 fully saturated rings. The summed E-state index contributed by atoms with van der Waals surface area (Å²) in [6, 6.07) is 0. The lowest BCUT2D eigenvalue weighted by molar-refractivity contribution is 0.476. The Morgan fingerprint density at radius 2 is 1.86 bits per heavy atom. The van der Waals surface area contributed by atoms with Crippen molar-refractivity contribution in [2.24, 2.45) is 11.7 Å². The molecule has 0 aromatic rings. The summed E-state index contributed by atoms with van der Waals surface area (Å²) in [5.41, 5.74) is 4.91. The molecule has 0 aliphatic carbocycles. The maximum atomic E-state index is 11.4. The van der Waals surface area contributed by atoms with Gasteiger partial charge in [0.05, 0.1) is 0 Å². The lowest BCUT2D eigenvalue weighted by Gasteiger charge is -2.21. The van der Waals surface area contributed by atoms with Crippen molar-refractivity contribution >= 4 is 10.2 Å². The van der Waals surface area contributed by atoms with Crippen LogP contribution >= 0.6 is 0 Å². The van der Waals surface area contributed by atoms with Crippen LogP contribution in [0.25, 0.3) is 0 Å². The molecular weight excluding hydrogens is 202 g/mol. The first-order chi connectivity index (χ1) is 6.16. The lowest BCUT2D eigenvalue weighted by atomic mass is 10.1. The molecule has 0 aromatic carbocycles. The monoisotopic (exact) mass is 223 g/mol. The molecule has 0 aromatic heterocycles.